The number of methoxy groups -OCH3 is 1. The van der Waals surface area contributed by atoms with Crippen LogP contribution in [0.5, 0.6) is 5.75 Å². The number of piperazine rings is 1. The van der Waals surface area contributed by atoms with E-state index in [1.54, 1.807) is 7.11 Å². The first-order valence-electron chi connectivity index (χ1n) is 10.1. The second-order valence-corrected chi connectivity index (χ2v) is 7.14. The Morgan fingerprint density at radius 1 is 1.07 bits per heavy atom. The van der Waals surface area contributed by atoms with E-state index in [-0.39, 0.29) is 5.91 Å². The Bertz CT molecular complexity index is 869. The van der Waals surface area contributed by atoms with Crippen LogP contribution in [0.3, 0.4) is 0 Å². The maximum atomic E-state index is 12.9. The smallest absolute Gasteiger partial charge is 0.246 e. The van der Waals surface area contributed by atoms with Gasteiger partial charge in [-0.15, -0.1) is 0 Å². The predicted octanol–water partition coefficient (Wildman–Crippen LogP) is 1.74. The van der Waals surface area contributed by atoms with Crippen molar-refractivity contribution in [3.63, 3.8) is 0 Å². The van der Waals surface area contributed by atoms with Crippen LogP contribution in [0.15, 0.2) is 30.3 Å². The lowest BCUT2D eigenvalue weighted by molar-refractivity contribution is -0.117. The summed E-state index contributed by atoms with van der Waals surface area (Å²) in [7, 11) is 1.63. The Labute approximate surface area is 171 Å². The summed E-state index contributed by atoms with van der Waals surface area (Å²) < 4.78 is 10.7. The van der Waals surface area contributed by atoms with Crippen LogP contribution >= 0.6 is 0 Å². The van der Waals surface area contributed by atoms with Crippen molar-refractivity contribution in [1.29, 1.82) is 0 Å². The van der Waals surface area contributed by atoms with Crippen molar-refractivity contribution in [1.82, 2.24) is 9.97 Å². The van der Waals surface area contributed by atoms with Crippen LogP contribution in [0, 0.1) is 0 Å². The lowest BCUT2D eigenvalue weighted by Gasteiger charge is -2.35. The molecule has 2 fully saturated rings. The molecule has 2 saturated heterocycles. The van der Waals surface area contributed by atoms with Gasteiger partial charge in [-0.05, 0) is 18.6 Å². The van der Waals surface area contributed by atoms with Crippen LogP contribution in [0.4, 0.5) is 17.5 Å². The largest absolute Gasteiger partial charge is 0.497 e. The Hall–Kier alpha value is -2.87. The quantitative estimate of drug-likeness (QED) is 0.761. The van der Waals surface area contributed by atoms with Crippen molar-refractivity contribution in [2.45, 2.75) is 13.3 Å². The molecule has 2 aromatic rings. The zero-order valence-electron chi connectivity index (χ0n) is 17.0. The number of nitrogens with zero attached hydrogens (tertiary/aromatic N) is 5. The first kappa shape index (κ1) is 19.4. The average Bonchev–Trinajstić information content (AvgIpc) is 2.79. The van der Waals surface area contributed by atoms with Crippen molar-refractivity contribution >= 4 is 23.4 Å². The number of benzene rings is 1. The molecule has 2 aliphatic rings. The molecule has 0 N–H and O–H groups in total. The molecule has 154 valence electrons. The van der Waals surface area contributed by atoms with E-state index < -0.39 is 0 Å². The van der Waals surface area contributed by atoms with E-state index in [1.807, 2.05) is 40.1 Å². The summed E-state index contributed by atoms with van der Waals surface area (Å²) in [6.07, 6.45) is 0.824. The number of aromatic nitrogens is 2. The normalized spacial score (nSPS) is 17.6. The molecule has 0 bridgehead atoms. The van der Waals surface area contributed by atoms with Crippen LogP contribution in [0.1, 0.15) is 12.6 Å². The van der Waals surface area contributed by atoms with Crippen LogP contribution in [0.25, 0.3) is 0 Å². The number of hydrogen-bond donors (Lipinski definition) is 0. The number of carbonyl (C=O) groups is 1. The van der Waals surface area contributed by atoms with Crippen LogP contribution in [-0.4, -0.2) is 68.9 Å². The van der Waals surface area contributed by atoms with Gasteiger partial charge in [0.05, 0.1) is 26.9 Å². The minimum Gasteiger partial charge on any atom is -0.497 e. The molecule has 2 aliphatic heterocycles. The molecule has 0 atom stereocenters. The highest BCUT2D eigenvalue weighted by molar-refractivity contribution is 5.97. The summed E-state index contributed by atoms with van der Waals surface area (Å²) in [5.41, 5.74) is 1.85. The lowest BCUT2D eigenvalue weighted by Crippen LogP contribution is -2.51. The molecule has 0 spiro atoms. The van der Waals surface area contributed by atoms with Crippen molar-refractivity contribution in [3.8, 4) is 5.75 Å². The molecule has 0 saturated carbocycles. The monoisotopic (exact) mass is 397 g/mol. The van der Waals surface area contributed by atoms with Crippen molar-refractivity contribution < 1.29 is 14.3 Å². The molecule has 8 heteroatoms. The van der Waals surface area contributed by atoms with Gasteiger partial charge in [0.1, 0.15) is 11.6 Å². The molecule has 29 heavy (non-hydrogen) atoms. The van der Waals surface area contributed by atoms with Crippen LogP contribution in [-0.2, 0) is 16.0 Å². The third kappa shape index (κ3) is 4.27. The Kier molecular flexibility index (Phi) is 5.80. The highest BCUT2D eigenvalue weighted by Crippen LogP contribution is 2.25. The zero-order valence-corrected chi connectivity index (χ0v) is 17.0. The summed E-state index contributed by atoms with van der Waals surface area (Å²) in [6, 6.07) is 9.61. The fourth-order valence-corrected chi connectivity index (χ4v) is 3.64. The van der Waals surface area contributed by atoms with Crippen molar-refractivity contribution in [2.75, 3.05) is 67.7 Å². The summed E-state index contributed by atoms with van der Waals surface area (Å²) in [5, 5.41) is 0. The van der Waals surface area contributed by atoms with Crippen LogP contribution in [0.2, 0.25) is 0 Å². The lowest BCUT2D eigenvalue weighted by atomic mass is 10.2. The maximum Gasteiger partial charge on any atom is 0.246 e. The number of rotatable bonds is 5. The second kappa shape index (κ2) is 8.65. The number of morpholine rings is 1. The second-order valence-electron chi connectivity index (χ2n) is 7.14. The number of carbonyl (C=O) groups excluding carboxylic acids is 1. The summed E-state index contributed by atoms with van der Waals surface area (Å²) >= 11 is 0. The molecule has 0 unspecified atom stereocenters. The standard InChI is InChI=1S/C21H27N5O3/c1-3-16-13-19(23-21(22-16)24-9-11-29-12-10-24)25-7-8-26(20(27)15-25)17-5-4-6-18(14-17)28-2/h4-6,13-14H,3,7-12,15H2,1-2H3. The van der Waals surface area contributed by atoms with Gasteiger partial charge in [-0.3, -0.25) is 4.79 Å². The number of anilines is 3. The minimum atomic E-state index is 0.0501. The van der Waals surface area contributed by atoms with E-state index in [2.05, 4.69) is 11.8 Å². The zero-order chi connectivity index (χ0) is 20.2. The van der Waals surface area contributed by atoms with Crippen LogP contribution < -0.4 is 19.4 Å². The molecule has 8 nitrogen and oxygen atoms in total. The van der Waals surface area contributed by atoms with E-state index in [0.29, 0.717) is 32.8 Å². The number of aryl methyl sites for hydroxylation is 1. The average molecular weight is 397 g/mol. The third-order valence-corrected chi connectivity index (χ3v) is 5.32. The molecular formula is C21H27N5O3. The van der Waals surface area contributed by atoms with Gasteiger partial charge in [-0.25, -0.2) is 4.98 Å². The maximum absolute atomic E-state index is 12.9. The van der Waals surface area contributed by atoms with E-state index >= 15 is 0 Å². The third-order valence-electron chi connectivity index (χ3n) is 5.32. The molecule has 1 aromatic carbocycles. The first-order chi connectivity index (χ1) is 14.2. The summed E-state index contributed by atoms with van der Waals surface area (Å²) in [4.78, 5) is 28.4. The van der Waals surface area contributed by atoms with Gasteiger partial charge < -0.3 is 24.2 Å². The topological polar surface area (TPSA) is 71.0 Å². The molecule has 1 aromatic heterocycles. The highest BCUT2D eigenvalue weighted by atomic mass is 16.5. The Morgan fingerprint density at radius 3 is 2.62 bits per heavy atom. The van der Waals surface area contributed by atoms with Gasteiger partial charge in [0.25, 0.3) is 0 Å². The number of amides is 1. The molecule has 3 heterocycles. The van der Waals surface area contributed by atoms with Gasteiger partial charge in [-0.2, -0.15) is 4.98 Å². The summed E-state index contributed by atoms with van der Waals surface area (Å²) in [6.45, 7) is 6.64. The number of hydrogen-bond acceptors (Lipinski definition) is 7. The van der Waals surface area contributed by atoms with Gasteiger partial charge in [0, 0.05) is 49.7 Å². The van der Waals surface area contributed by atoms with E-state index in [9.17, 15) is 4.79 Å². The fourth-order valence-electron chi connectivity index (χ4n) is 3.64. The fraction of sp³-hybridized carbons (Fsp3) is 0.476. The van der Waals surface area contributed by atoms with Gasteiger partial charge in [-0.1, -0.05) is 13.0 Å². The van der Waals surface area contributed by atoms with Gasteiger partial charge >= 0.3 is 0 Å². The van der Waals surface area contributed by atoms with E-state index in [4.69, 9.17) is 19.4 Å². The first-order valence-corrected chi connectivity index (χ1v) is 10.1. The molecule has 1 amide bonds. The van der Waals surface area contributed by atoms with Crippen molar-refractivity contribution in [3.05, 3.63) is 36.0 Å². The Morgan fingerprint density at radius 2 is 1.90 bits per heavy atom. The molecular weight excluding hydrogens is 370 g/mol. The SMILES string of the molecule is CCc1cc(N2CCN(c3cccc(OC)c3)C(=O)C2)nc(N2CCOCC2)n1. The van der Waals surface area contributed by atoms with Gasteiger partial charge in [0.2, 0.25) is 11.9 Å². The highest BCUT2D eigenvalue weighted by Gasteiger charge is 2.27. The van der Waals surface area contributed by atoms with Crippen molar-refractivity contribution in [2.24, 2.45) is 0 Å². The molecule has 4 rings (SSSR count). The minimum absolute atomic E-state index is 0.0501. The molecule has 0 radical (unpaired) electrons. The summed E-state index contributed by atoms with van der Waals surface area (Å²) in [5.74, 6) is 2.34. The van der Waals surface area contributed by atoms with E-state index in [1.165, 1.54) is 0 Å². The Balaban J connectivity index is 1.53. The molecule has 0 aliphatic carbocycles. The predicted molar refractivity (Wildman–Crippen MR) is 112 cm³/mol. The van der Waals surface area contributed by atoms with E-state index in [0.717, 1.165) is 48.4 Å². The van der Waals surface area contributed by atoms with Gasteiger partial charge in [0.15, 0.2) is 0 Å². The number of ether oxygens (including phenoxy) is 2.